The van der Waals surface area contributed by atoms with Crippen molar-refractivity contribution in [1.29, 1.82) is 0 Å². The van der Waals surface area contributed by atoms with E-state index in [4.69, 9.17) is 26.4 Å². The molecule has 3 amide bonds. The van der Waals surface area contributed by atoms with E-state index in [1.165, 1.54) is 22.2 Å². The number of nitrogen functional groups attached to an aromatic ring is 1. The molecule has 0 unspecified atom stereocenters. The zero-order chi connectivity index (χ0) is 48.1. The van der Waals surface area contributed by atoms with E-state index in [2.05, 4.69) is 59.0 Å². The summed E-state index contributed by atoms with van der Waals surface area (Å²) in [6.07, 6.45) is 6.09. The molecule has 6 rings (SSSR count). The average Bonchev–Trinajstić information content (AvgIpc) is 3.98. The van der Waals surface area contributed by atoms with Crippen molar-refractivity contribution in [3.63, 3.8) is 0 Å². The smallest absolute Gasteiger partial charge is 0.354 e. The lowest BCUT2D eigenvalue weighted by atomic mass is 10.0. The third kappa shape index (κ3) is 11.1. The quantitative estimate of drug-likeness (QED) is 0.0427. The minimum Gasteiger partial charge on any atom is -0.491 e. The van der Waals surface area contributed by atoms with Crippen LogP contribution >= 0.6 is 11.3 Å². The summed E-state index contributed by atoms with van der Waals surface area (Å²) >= 11 is 1.24. The number of nitrogens with zero attached hydrogens (tertiary/aromatic N) is 9. The van der Waals surface area contributed by atoms with Crippen LogP contribution in [0.15, 0.2) is 35.5 Å². The Morgan fingerprint density at radius 1 is 0.864 bits per heavy atom. The van der Waals surface area contributed by atoms with Gasteiger partial charge in [-0.05, 0) is 95.3 Å². The third-order valence-corrected chi connectivity index (χ3v) is 17.7. The van der Waals surface area contributed by atoms with Gasteiger partial charge in [0.15, 0.2) is 18.8 Å². The van der Waals surface area contributed by atoms with Crippen LogP contribution in [0.2, 0.25) is 18.1 Å². The van der Waals surface area contributed by atoms with Crippen molar-refractivity contribution in [2.24, 2.45) is 16.5 Å². The van der Waals surface area contributed by atoms with Crippen molar-refractivity contribution in [2.45, 2.75) is 131 Å². The summed E-state index contributed by atoms with van der Waals surface area (Å²) in [6.45, 7) is 19.3. The van der Waals surface area contributed by atoms with Gasteiger partial charge in [-0.25, -0.2) is 14.8 Å². The summed E-state index contributed by atoms with van der Waals surface area (Å²) in [5.74, 6) is -1.99. The van der Waals surface area contributed by atoms with Gasteiger partial charge in [0.2, 0.25) is 17.8 Å². The normalized spacial score (nSPS) is 12.5. The topological polar surface area (TPSA) is 269 Å². The number of nitrogens with two attached hydrogens (primary N) is 3. The minimum absolute atomic E-state index is 0.0823. The molecule has 0 fully saturated rings. The molecule has 0 aliphatic carbocycles. The Kier molecular flexibility index (Phi) is 15.3. The van der Waals surface area contributed by atoms with Crippen molar-refractivity contribution in [1.82, 2.24) is 38.7 Å². The molecule has 0 radical (unpaired) electrons. The first-order valence-electron chi connectivity index (χ1n) is 22.3. The van der Waals surface area contributed by atoms with Gasteiger partial charge in [-0.2, -0.15) is 15.2 Å². The van der Waals surface area contributed by atoms with E-state index in [0.29, 0.717) is 115 Å². The number of pyridine rings is 1. The Labute approximate surface area is 388 Å². The highest BCUT2D eigenvalue weighted by molar-refractivity contribution is 7.16. The molecule has 0 saturated heterocycles. The molecule has 66 heavy (non-hydrogen) atoms. The monoisotopic (exact) mass is 942 g/mol. The number of hydrogen-bond donors (Lipinski definition) is 4. The number of unbranched alkanes of at least 4 members (excludes halogenated alkanes) is 3. The van der Waals surface area contributed by atoms with Crippen molar-refractivity contribution in [3.8, 4) is 5.75 Å². The Hall–Kier alpha value is -6.19. The second kappa shape index (κ2) is 20.5. The lowest BCUT2D eigenvalue weighted by Gasteiger charge is -2.36. The number of carbonyl (C=O) groups excluding carboxylic acids is 3. The Morgan fingerprint density at radius 2 is 1.56 bits per heavy atom. The van der Waals surface area contributed by atoms with Crippen LogP contribution in [-0.2, 0) is 37.0 Å². The second-order valence-corrected chi connectivity index (χ2v) is 23.8. The number of carbonyl (C=O) groups is 4. The maximum Gasteiger partial charge on any atom is 0.354 e. The van der Waals surface area contributed by atoms with Gasteiger partial charge in [0.1, 0.15) is 22.7 Å². The maximum atomic E-state index is 14.3. The van der Waals surface area contributed by atoms with Gasteiger partial charge >= 0.3 is 5.97 Å². The molecule has 354 valence electrons. The predicted octanol–water partition coefficient (Wildman–Crippen LogP) is 6.38. The molecular weight excluding hydrogens is 881 g/mol. The molecule has 0 aliphatic heterocycles. The van der Waals surface area contributed by atoms with Crippen LogP contribution in [0.3, 0.4) is 0 Å². The molecular formula is C45H62N12O7SSi. The molecule has 19 nitrogen and oxygen atoms in total. The number of imidazole rings is 1. The van der Waals surface area contributed by atoms with Crippen molar-refractivity contribution >= 4 is 70.7 Å². The summed E-state index contributed by atoms with van der Waals surface area (Å²) < 4.78 is 20.2. The van der Waals surface area contributed by atoms with E-state index in [9.17, 15) is 24.3 Å². The first-order valence-corrected chi connectivity index (χ1v) is 26.0. The van der Waals surface area contributed by atoms with Crippen LogP contribution in [0.25, 0.3) is 21.4 Å². The number of rotatable bonds is 22. The van der Waals surface area contributed by atoms with E-state index in [1.54, 1.807) is 35.9 Å². The SMILES string of the molecule is CCn1nc(C)c(CCCCCn2nc(C)cc2C(=O)O)c1C(=O)N=c1sc2cc(C(N)=O)cnc2n1CCCCn1c(N)nc2cc(C(N)=O)cc(OCCCO[Si](C)(C)C(C)(C)C)c21. The van der Waals surface area contributed by atoms with Crippen LogP contribution < -0.4 is 26.7 Å². The summed E-state index contributed by atoms with van der Waals surface area (Å²) in [6, 6.07) is 6.45. The van der Waals surface area contributed by atoms with Gasteiger partial charge in [-0.15, -0.1) is 0 Å². The fraction of sp³-hybridized carbons (Fsp3) is 0.489. The van der Waals surface area contributed by atoms with Crippen LogP contribution in [-0.4, -0.2) is 89.0 Å². The van der Waals surface area contributed by atoms with Gasteiger partial charge in [0, 0.05) is 56.5 Å². The highest BCUT2D eigenvalue weighted by Gasteiger charge is 2.37. The molecule has 0 atom stereocenters. The number of carboxylic acid groups (broad SMARTS) is 1. The number of thiazole rings is 1. The number of carboxylic acids is 1. The van der Waals surface area contributed by atoms with E-state index >= 15 is 0 Å². The van der Waals surface area contributed by atoms with Gasteiger partial charge in [-0.3, -0.25) is 23.7 Å². The summed E-state index contributed by atoms with van der Waals surface area (Å²) in [5.41, 5.74) is 22.8. The van der Waals surface area contributed by atoms with Crippen LogP contribution in [0.5, 0.6) is 5.75 Å². The number of benzene rings is 1. The number of fused-ring (bicyclic) bond motifs is 2. The lowest BCUT2D eigenvalue weighted by Crippen LogP contribution is -2.41. The standard InChI is InChI=1S/C45H62N12O7SSi/c1-9-56-36(31(28(3)53-56)16-11-10-12-19-57-33(42(61)62)22-27(2)52-57)41(60)51-44-55(40-35(65-44)25-30(26-49-40)39(47)59)18-14-13-17-54-37-32(50-43(54)48)23-29(38(46)58)24-34(37)63-20-15-21-64-66(7,8)45(4,5)6/h22-26H,9-21H2,1-8H3,(H2,46,58)(H2,47,59)(H2,48,50)(H,61,62). The van der Waals surface area contributed by atoms with Gasteiger partial charge < -0.3 is 40.6 Å². The molecule has 1 aromatic carbocycles. The first kappa shape index (κ1) is 49.2. The molecule has 5 aromatic heterocycles. The minimum atomic E-state index is -1.93. The number of aryl methyl sites for hydroxylation is 6. The summed E-state index contributed by atoms with van der Waals surface area (Å²) in [5, 5.41) is 18.6. The van der Waals surface area contributed by atoms with Crippen LogP contribution in [0.1, 0.15) is 125 Å². The highest BCUT2D eigenvalue weighted by atomic mass is 32.1. The van der Waals surface area contributed by atoms with Crippen molar-refractivity contribution < 1.29 is 33.4 Å². The van der Waals surface area contributed by atoms with E-state index in [0.717, 1.165) is 24.1 Å². The molecule has 6 aromatic rings. The Bertz CT molecular complexity index is 2850. The number of aromatic carboxylic acids is 1. The highest BCUT2D eigenvalue weighted by Crippen LogP contribution is 2.37. The molecule has 0 spiro atoms. The summed E-state index contributed by atoms with van der Waals surface area (Å²) in [7, 11) is -1.93. The second-order valence-electron chi connectivity index (χ2n) is 17.9. The van der Waals surface area contributed by atoms with Crippen molar-refractivity contribution in [2.75, 3.05) is 18.9 Å². The molecule has 5 heterocycles. The third-order valence-electron chi connectivity index (χ3n) is 12.1. The van der Waals surface area contributed by atoms with Gasteiger partial charge in [0.05, 0.1) is 33.8 Å². The van der Waals surface area contributed by atoms with E-state index in [-0.39, 0.29) is 27.8 Å². The number of aromatic nitrogens is 8. The predicted molar refractivity (Wildman–Crippen MR) is 255 cm³/mol. The number of anilines is 1. The molecule has 21 heteroatoms. The maximum absolute atomic E-state index is 14.3. The molecule has 0 bridgehead atoms. The van der Waals surface area contributed by atoms with Gasteiger partial charge in [-0.1, -0.05) is 38.5 Å². The fourth-order valence-electron chi connectivity index (χ4n) is 7.58. The Balaban J connectivity index is 1.20. The summed E-state index contributed by atoms with van der Waals surface area (Å²) in [4.78, 5) is 64.6. The van der Waals surface area contributed by atoms with Crippen molar-refractivity contribution in [3.05, 3.63) is 74.7 Å². The molecule has 0 aliphatic rings. The van der Waals surface area contributed by atoms with Crippen LogP contribution in [0, 0.1) is 13.8 Å². The number of amides is 3. The largest absolute Gasteiger partial charge is 0.491 e. The van der Waals surface area contributed by atoms with E-state index < -0.39 is 32.0 Å². The van der Waals surface area contributed by atoms with E-state index in [1.807, 2.05) is 23.0 Å². The lowest BCUT2D eigenvalue weighted by molar-refractivity contribution is 0.0682. The number of ether oxygens (including phenoxy) is 1. The average molecular weight is 943 g/mol. The zero-order valence-electron chi connectivity index (χ0n) is 39.1. The fourth-order valence-corrected chi connectivity index (χ4v) is 9.73. The molecule has 0 saturated carbocycles. The number of hydrogen-bond acceptors (Lipinski definition) is 12. The van der Waals surface area contributed by atoms with Gasteiger partial charge in [0.25, 0.3) is 5.91 Å². The van der Waals surface area contributed by atoms with Crippen LogP contribution in [0.4, 0.5) is 5.95 Å². The number of primary amides is 2. The Morgan fingerprint density at radius 3 is 2.23 bits per heavy atom. The molecule has 7 N–H and O–H groups in total. The zero-order valence-corrected chi connectivity index (χ0v) is 41.0. The first-order chi connectivity index (χ1) is 31.2.